The fourth-order valence-electron chi connectivity index (χ4n) is 4.48. The minimum Gasteiger partial charge on any atom is -0.497 e. The molecule has 2 unspecified atom stereocenters. The maximum atomic E-state index is 6.44. The number of hydrogen-bond donors (Lipinski definition) is 1. The normalized spacial score (nSPS) is 20.8. The van der Waals surface area contributed by atoms with E-state index in [2.05, 4.69) is 40.5 Å². The SMILES string of the molecule is COCCCN1CCOc2ccc(COC3CNCCC3c3ccc(OC)cc3)cc21. The highest BCUT2D eigenvalue weighted by Crippen LogP contribution is 2.34. The summed E-state index contributed by atoms with van der Waals surface area (Å²) in [6.07, 6.45) is 2.23. The molecular weight excluding hydrogens is 392 g/mol. The van der Waals surface area contributed by atoms with Gasteiger partial charge < -0.3 is 29.2 Å². The van der Waals surface area contributed by atoms with Crippen LogP contribution in [0.3, 0.4) is 0 Å². The van der Waals surface area contributed by atoms with Gasteiger partial charge in [0, 0.05) is 32.7 Å². The minimum absolute atomic E-state index is 0.146. The monoisotopic (exact) mass is 426 g/mol. The molecule has 1 fully saturated rings. The second kappa shape index (κ2) is 10.8. The van der Waals surface area contributed by atoms with E-state index >= 15 is 0 Å². The van der Waals surface area contributed by atoms with E-state index in [1.807, 2.05) is 12.1 Å². The standard InChI is InChI=1S/C25H34N2O4/c1-28-14-3-12-27-13-15-30-24-9-4-19(16-23(24)27)18-31-25-17-26-11-10-22(25)20-5-7-21(29-2)8-6-20/h4-9,16,22,25-26H,3,10-15,17-18H2,1-2H3. The molecule has 2 heterocycles. The van der Waals surface area contributed by atoms with Gasteiger partial charge in [-0.25, -0.2) is 0 Å². The lowest BCUT2D eigenvalue weighted by molar-refractivity contribution is 0.0106. The Labute approximate surface area is 185 Å². The third-order valence-electron chi connectivity index (χ3n) is 6.19. The van der Waals surface area contributed by atoms with Gasteiger partial charge in [0.25, 0.3) is 0 Å². The van der Waals surface area contributed by atoms with Crippen molar-refractivity contribution in [1.82, 2.24) is 5.32 Å². The fraction of sp³-hybridized carbons (Fsp3) is 0.520. The van der Waals surface area contributed by atoms with Gasteiger partial charge in [0.05, 0.1) is 32.1 Å². The van der Waals surface area contributed by atoms with Crippen molar-refractivity contribution < 1.29 is 18.9 Å². The second-order valence-corrected chi connectivity index (χ2v) is 8.21. The molecule has 6 nitrogen and oxygen atoms in total. The van der Waals surface area contributed by atoms with E-state index < -0.39 is 0 Å². The molecule has 168 valence electrons. The summed E-state index contributed by atoms with van der Waals surface area (Å²) < 4.78 is 22.8. The lowest BCUT2D eigenvalue weighted by Gasteiger charge is -2.33. The maximum Gasteiger partial charge on any atom is 0.142 e. The number of fused-ring (bicyclic) bond motifs is 1. The summed E-state index contributed by atoms with van der Waals surface area (Å²) in [7, 11) is 3.45. The van der Waals surface area contributed by atoms with E-state index in [0.717, 1.165) is 69.4 Å². The van der Waals surface area contributed by atoms with Crippen LogP contribution in [0.1, 0.15) is 29.9 Å². The molecule has 31 heavy (non-hydrogen) atoms. The quantitative estimate of drug-likeness (QED) is 0.619. The van der Waals surface area contributed by atoms with Crippen molar-refractivity contribution >= 4 is 5.69 Å². The van der Waals surface area contributed by atoms with E-state index in [9.17, 15) is 0 Å². The van der Waals surface area contributed by atoms with Gasteiger partial charge in [-0.05, 0) is 54.8 Å². The predicted molar refractivity (Wildman–Crippen MR) is 122 cm³/mol. The average molecular weight is 427 g/mol. The van der Waals surface area contributed by atoms with Gasteiger partial charge in [-0.2, -0.15) is 0 Å². The molecule has 1 N–H and O–H groups in total. The molecule has 2 aromatic rings. The van der Waals surface area contributed by atoms with Gasteiger partial charge in [0.15, 0.2) is 0 Å². The van der Waals surface area contributed by atoms with Crippen LogP contribution in [0.4, 0.5) is 5.69 Å². The van der Waals surface area contributed by atoms with Crippen molar-refractivity contribution in [2.75, 3.05) is 58.5 Å². The van der Waals surface area contributed by atoms with Crippen molar-refractivity contribution in [1.29, 1.82) is 0 Å². The molecular formula is C25H34N2O4. The summed E-state index contributed by atoms with van der Waals surface area (Å²) in [5.41, 5.74) is 3.66. The zero-order valence-corrected chi connectivity index (χ0v) is 18.6. The highest BCUT2D eigenvalue weighted by molar-refractivity contribution is 5.61. The molecule has 0 spiro atoms. The lowest BCUT2D eigenvalue weighted by Crippen LogP contribution is -2.41. The number of hydrogen-bond acceptors (Lipinski definition) is 6. The van der Waals surface area contributed by atoms with Gasteiger partial charge in [0.2, 0.25) is 0 Å². The Kier molecular flexibility index (Phi) is 7.67. The first-order chi connectivity index (χ1) is 15.3. The third kappa shape index (κ3) is 5.50. The van der Waals surface area contributed by atoms with Crippen LogP contribution in [0.15, 0.2) is 42.5 Å². The number of methoxy groups -OCH3 is 2. The van der Waals surface area contributed by atoms with Crippen molar-refractivity contribution in [3.05, 3.63) is 53.6 Å². The van der Waals surface area contributed by atoms with E-state index in [4.69, 9.17) is 18.9 Å². The summed E-state index contributed by atoms with van der Waals surface area (Å²) in [5.74, 6) is 2.24. The first-order valence-electron chi connectivity index (χ1n) is 11.2. The number of nitrogens with one attached hydrogen (secondary N) is 1. The molecule has 0 aromatic heterocycles. The maximum absolute atomic E-state index is 6.44. The Morgan fingerprint density at radius 2 is 2.00 bits per heavy atom. The molecule has 2 aliphatic heterocycles. The van der Waals surface area contributed by atoms with Crippen LogP contribution in [0, 0.1) is 0 Å². The summed E-state index contributed by atoms with van der Waals surface area (Å²) in [6, 6.07) is 14.8. The Morgan fingerprint density at radius 1 is 1.13 bits per heavy atom. The summed E-state index contributed by atoms with van der Waals surface area (Å²) in [6.45, 7) is 5.87. The van der Waals surface area contributed by atoms with E-state index in [1.165, 1.54) is 11.1 Å². The number of piperidine rings is 1. The number of benzene rings is 2. The molecule has 0 amide bonds. The van der Waals surface area contributed by atoms with Gasteiger partial charge in [-0.15, -0.1) is 0 Å². The Bertz CT molecular complexity index is 827. The average Bonchev–Trinajstić information content (AvgIpc) is 2.83. The molecule has 2 aromatic carbocycles. The molecule has 2 atom stereocenters. The zero-order valence-electron chi connectivity index (χ0n) is 18.6. The van der Waals surface area contributed by atoms with Crippen molar-refractivity contribution in [3.63, 3.8) is 0 Å². The largest absolute Gasteiger partial charge is 0.497 e. The Balaban J connectivity index is 1.42. The van der Waals surface area contributed by atoms with E-state index in [0.29, 0.717) is 12.5 Å². The first kappa shape index (κ1) is 21.9. The van der Waals surface area contributed by atoms with Crippen LogP contribution in [0.5, 0.6) is 11.5 Å². The molecule has 0 saturated carbocycles. The molecule has 2 aliphatic rings. The van der Waals surface area contributed by atoms with E-state index in [-0.39, 0.29) is 6.10 Å². The van der Waals surface area contributed by atoms with Gasteiger partial charge in [-0.1, -0.05) is 18.2 Å². The van der Waals surface area contributed by atoms with Crippen LogP contribution < -0.4 is 19.7 Å². The summed E-state index contributed by atoms with van der Waals surface area (Å²) in [5, 5.41) is 3.49. The molecule has 4 rings (SSSR count). The topological polar surface area (TPSA) is 52.2 Å². The van der Waals surface area contributed by atoms with Crippen molar-refractivity contribution in [2.24, 2.45) is 0 Å². The van der Waals surface area contributed by atoms with Gasteiger partial charge in [0.1, 0.15) is 18.1 Å². The number of ether oxygens (including phenoxy) is 4. The predicted octanol–water partition coefficient (Wildman–Crippen LogP) is 3.59. The Morgan fingerprint density at radius 3 is 2.81 bits per heavy atom. The fourth-order valence-corrected chi connectivity index (χ4v) is 4.48. The highest BCUT2D eigenvalue weighted by atomic mass is 16.5. The molecule has 0 radical (unpaired) electrons. The molecule has 0 aliphatic carbocycles. The van der Waals surface area contributed by atoms with Gasteiger partial charge >= 0.3 is 0 Å². The molecule has 6 heteroatoms. The third-order valence-corrected chi connectivity index (χ3v) is 6.19. The zero-order chi connectivity index (χ0) is 21.5. The van der Waals surface area contributed by atoms with Crippen molar-refractivity contribution in [2.45, 2.75) is 31.5 Å². The van der Waals surface area contributed by atoms with E-state index in [1.54, 1.807) is 14.2 Å². The van der Waals surface area contributed by atoms with Gasteiger partial charge in [-0.3, -0.25) is 0 Å². The minimum atomic E-state index is 0.146. The molecule has 0 bridgehead atoms. The Hall–Kier alpha value is -2.28. The number of rotatable bonds is 9. The number of anilines is 1. The van der Waals surface area contributed by atoms with Crippen LogP contribution in [-0.2, 0) is 16.1 Å². The summed E-state index contributed by atoms with van der Waals surface area (Å²) >= 11 is 0. The second-order valence-electron chi connectivity index (χ2n) is 8.21. The smallest absolute Gasteiger partial charge is 0.142 e. The summed E-state index contributed by atoms with van der Waals surface area (Å²) in [4.78, 5) is 2.39. The molecule has 1 saturated heterocycles. The lowest BCUT2D eigenvalue weighted by atomic mass is 9.87. The van der Waals surface area contributed by atoms with Crippen LogP contribution in [0.25, 0.3) is 0 Å². The van der Waals surface area contributed by atoms with Crippen LogP contribution >= 0.6 is 0 Å². The van der Waals surface area contributed by atoms with Crippen LogP contribution in [-0.4, -0.2) is 59.7 Å². The highest BCUT2D eigenvalue weighted by Gasteiger charge is 2.27. The first-order valence-corrected chi connectivity index (χ1v) is 11.2. The van der Waals surface area contributed by atoms with Crippen LogP contribution in [0.2, 0.25) is 0 Å². The van der Waals surface area contributed by atoms with Crippen molar-refractivity contribution in [3.8, 4) is 11.5 Å². The number of nitrogens with zero attached hydrogens (tertiary/aromatic N) is 1.